The molecule has 3 heterocycles. The summed E-state index contributed by atoms with van der Waals surface area (Å²) in [6.07, 6.45) is 3.28. The van der Waals surface area contributed by atoms with Crippen molar-refractivity contribution in [2.24, 2.45) is 5.16 Å². The zero-order valence-corrected chi connectivity index (χ0v) is 16.4. The molecule has 2 amide bonds. The van der Waals surface area contributed by atoms with Crippen molar-refractivity contribution in [3.8, 4) is 0 Å². The molecular formula is C14H15N5O5S3. The molecule has 13 heteroatoms. The fourth-order valence-electron chi connectivity index (χ4n) is 2.49. The van der Waals surface area contributed by atoms with Crippen LogP contribution in [0.25, 0.3) is 0 Å². The number of rotatable bonds is 7. The van der Waals surface area contributed by atoms with Crippen LogP contribution >= 0.6 is 34.9 Å². The van der Waals surface area contributed by atoms with Gasteiger partial charge in [-0.05, 0) is 12.3 Å². The minimum absolute atomic E-state index is 0.0706. The van der Waals surface area contributed by atoms with Crippen LogP contribution < -0.4 is 11.1 Å². The van der Waals surface area contributed by atoms with Gasteiger partial charge in [-0.15, -0.1) is 34.9 Å². The van der Waals surface area contributed by atoms with Crippen molar-refractivity contribution in [2.75, 3.05) is 23.7 Å². The average molecular weight is 430 g/mol. The number of nitrogen functional groups attached to an aromatic ring is 1. The Balaban J connectivity index is 1.75. The Morgan fingerprint density at radius 2 is 2.37 bits per heavy atom. The molecule has 0 aliphatic carbocycles. The molecule has 3 rings (SSSR count). The lowest BCUT2D eigenvalue weighted by atomic mass is 10.0. The number of carbonyl (C=O) groups excluding carboxylic acids is 2. The smallest absolute Gasteiger partial charge is 0.352 e. The van der Waals surface area contributed by atoms with E-state index < -0.39 is 29.2 Å². The van der Waals surface area contributed by atoms with E-state index in [1.807, 2.05) is 6.26 Å². The molecule has 0 bridgehead atoms. The number of nitrogens with two attached hydrogens (primary N) is 1. The maximum absolute atomic E-state index is 12.7. The minimum atomic E-state index is -1.18. The van der Waals surface area contributed by atoms with Crippen LogP contribution in [0.5, 0.6) is 0 Å². The van der Waals surface area contributed by atoms with Crippen LogP contribution in [0.1, 0.15) is 5.69 Å². The third-order valence-corrected chi connectivity index (χ3v) is 5.86. The second-order valence-corrected chi connectivity index (χ2v) is 8.18. The normalized spacial score (nSPS) is 21.8. The maximum atomic E-state index is 12.7. The van der Waals surface area contributed by atoms with E-state index in [2.05, 4.69) is 15.5 Å². The number of oxime groups is 1. The lowest BCUT2D eigenvalue weighted by Crippen LogP contribution is -2.70. The zero-order chi connectivity index (χ0) is 19.6. The Labute approximate surface area is 166 Å². The fourth-order valence-corrected chi connectivity index (χ4v) is 4.39. The first-order chi connectivity index (χ1) is 12.9. The molecule has 1 fully saturated rings. The van der Waals surface area contributed by atoms with E-state index >= 15 is 0 Å². The molecule has 4 N–H and O–H groups in total. The number of anilines is 1. The van der Waals surface area contributed by atoms with Crippen LogP contribution in [0.2, 0.25) is 0 Å². The summed E-state index contributed by atoms with van der Waals surface area (Å²) in [5, 5.41) is 16.9. The van der Waals surface area contributed by atoms with E-state index in [4.69, 9.17) is 10.6 Å². The summed E-state index contributed by atoms with van der Waals surface area (Å²) in [5.41, 5.74) is 5.68. The molecule has 2 aliphatic rings. The SMILES string of the molecule is CSCO/N=C(/C(=O)NC1C(=O)N2C(C(=O)O)=CCS[C@H]12)c1csc(N)n1. The number of nitrogens with one attached hydrogen (secondary N) is 1. The van der Waals surface area contributed by atoms with E-state index in [1.54, 1.807) is 5.38 Å². The number of hydrogen-bond donors (Lipinski definition) is 3. The van der Waals surface area contributed by atoms with Crippen molar-refractivity contribution in [1.82, 2.24) is 15.2 Å². The third-order valence-electron chi connectivity index (χ3n) is 3.66. The summed E-state index contributed by atoms with van der Waals surface area (Å²) < 4.78 is 0. The molecular weight excluding hydrogens is 414 g/mol. The van der Waals surface area contributed by atoms with Crippen molar-refractivity contribution in [3.05, 3.63) is 22.8 Å². The molecule has 2 atom stereocenters. The lowest BCUT2D eigenvalue weighted by molar-refractivity contribution is -0.150. The molecule has 1 saturated heterocycles. The first-order valence-corrected chi connectivity index (χ1v) is 10.9. The molecule has 2 aliphatic heterocycles. The first-order valence-electron chi connectivity index (χ1n) is 7.53. The van der Waals surface area contributed by atoms with Gasteiger partial charge in [0.25, 0.3) is 11.8 Å². The van der Waals surface area contributed by atoms with Gasteiger partial charge in [0.15, 0.2) is 16.8 Å². The summed E-state index contributed by atoms with van der Waals surface area (Å²) in [5.74, 6) is -1.65. The number of fused-ring (bicyclic) bond motifs is 1. The average Bonchev–Trinajstić information content (AvgIpc) is 3.08. The number of carbonyl (C=O) groups is 3. The maximum Gasteiger partial charge on any atom is 0.352 e. The summed E-state index contributed by atoms with van der Waals surface area (Å²) >= 11 is 3.88. The highest BCUT2D eigenvalue weighted by atomic mass is 32.2. The van der Waals surface area contributed by atoms with Gasteiger partial charge in [-0.1, -0.05) is 5.16 Å². The number of amides is 2. The first kappa shape index (κ1) is 19.5. The zero-order valence-electron chi connectivity index (χ0n) is 13.9. The van der Waals surface area contributed by atoms with E-state index in [0.29, 0.717) is 5.75 Å². The van der Waals surface area contributed by atoms with E-state index in [9.17, 15) is 19.5 Å². The lowest BCUT2D eigenvalue weighted by Gasteiger charge is -2.48. The van der Waals surface area contributed by atoms with Gasteiger partial charge in [0.1, 0.15) is 22.8 Å². The Kier molecular flexibility index (Phi) is 5.92. The molecule has 27 heavy (non-hydrogen) atoms. The van der Waals surface area contributed by atoms with Crippen molar-refractivity contribution >= 4 is 63.5 Å². The number of β-lactam (4-membered cyclic amide) rings is 1. The molecule has 0 saturated carbocycles. The van der Waals surface area contributed by atoms with Gasteiger partial charge in [-0.25, -0.2) is 9.78 Å². The predicted octanol–water partition coefficient (Wildman–Crippen LogP) is 0.135. The second-order valence-electron chi connectivity index (χ2n) is 5.32. The number of nitrogens with zero attached hydrogens (tertiary/aromatic N) is 3. The number of carboxylic acid groups (broad SMARTS) is 1. The van der Waals surface area contributed by atoms with E-state index in [1.165, 1.54) is 34.5 Å². The highest BCUT2D eigenvalue weighted by Gasteiger charge is 2.53. The van der Waals surface area contributed by atoms with Crippen LogP contribution in [0.3, 0.4) is 0 Å². The van der Waals surface area contributed by atoms with Gasteiger partial charge < -0.3 is 21.0 Å². The van der Waals surface area contributed by atoms with Crippen molar-refractivity contribution in [3.63, 3.8) is 0 Å². The second kappa shape index (κ2) is 8.19. The quantitative estimate of drug-likeness (QED) is 0.181. The number of aliphatic carboxylic acids is 1. The van der Waals surface area contributed by atoms with Crippen molar-refractivity contribution < 1.29 is 24.3 Å². The fraction of sp³-hybridized carbons (Fsp3) is 0.357. The van der Waals surface area contributed by atoms with Crippen LogP contribution in [0.15, 0.2) is 22.3 Å². The molecule has 0 aromatic carbocycles. The van der Waals surface area contributed by atoms with Crippen LogP contribution in [0, 0.1) is 0 Å². The third kappa shape index (κ3) is 3.89. The summed E-state index contributed by atoms with van der Waals surface area (Å²) in [7, 11) is 0. The van der Waals surface area contributed by atoms with Gasteiger partial charge in [0.05, 0.1) is 0 Å². The number of thiazole rings is 1. The number of thioether (sulfide) groups is 2. The van der Waals surface area contributed by atoms with Gasteiger partial charge in [-0.3, -0.25) is 14.5 Å². The topological polar surface area (TPSA) is 147 Å². The molecule has 1 aromatic rings. The highest BCUT2D eigenvalue weighted by Crippen LogP contribution is 2.37. The number of aromatic nitrogens is 1. The molecule has 144 valence electrons. The summed E-state index contributed by atoms with van der Waals surface area (Å²) in [6.45, 7) is 0. The predicted molar refractivity (Wildman–Crippen MR) is 103 cm³/mol. The number of carboxylic acids is 1. The monoisotopic (exact) mass is 429 g/mol. The Morgan fingerprint density at radius 1 is 1.59 bits per heavy atom. The molecule has 1 aromatic heterocycles. The van der Waals surface area contributed by atoms with Crippen LogP contribution in [0.4, 0.5) is 5.13 Å². The Hall–Kier alpha value is -2.25. The van der Waals surface area contributed by atoms with E-state index in [-0.39, 0.29) is 28.2 Å². The van der Waals surface area contributed by atoms with E-state index in [0.717, 1.165) is 11.3 Å². The van der Waals surface area contributed by atoms with Gasteiger partial charge in [0.2, 0.25) is 0 Å². The number of hydrogen-bond acceptors (Lipinski definition) is 10. The van der Waals surface area contributed by atoms with Gasteiger partial charge >= 0.3 is 5.97 Å². The summed E-state index contributed by atoms with van der Waals surface area (Å²) in [6, 6.07) is -0.854. The molecule has 10 nitrogen and oxygen atoms in total. The molecule has 0 radical (unpaired) electrons. The van der Waals surface area contributed by atoms with Crippen LogP contribution in [-0.2, 0) is 19.2 Å². The van der Waals surface area contributed by atoms with Gasteiger partial charge in [0, 0.05) is 11.1 Å². The van der Waals surface area contributed by atoms with Crippen molar-refractivity contribution in [2.45, 2.75) is 11.4 Å². The molecule has 0 spiro atoms. The van der Waals surface area contributed by atoms with Crippen LogP contribution in [-0.4, -0.2) is 67.8 Å². The highest BCUT2D eigenvalue weighted by molar-refractivity contribution is 8.00. The standard InChI is InChI=1S/C14H15N5O5S3/c1-25-5-24-18-8(6-4-27-14(15)16-6)10(20)17-9-11(21)19-7(13(22)23)2-3-26-12(9)19/h2,4,9,12H,3,5H2,1H3,(H2,15,16)(H,17,20)(H,22,23)/b18-8+/t9?,12-/m1/s1. The largest absolute Gasteiger partial charge is 0.477 e. The van der Waals surface area contributed by atoms with Gasteiger partial charge in [-0.2, -0.15) is 0 Å². The minimum Gasteiger partial charge on any atom is -0.477 e. The molecule has 1 unspecified atom stereocenters. The summed E-state index contributed by atoms with van der Waals surface area (Å²) in [4.78, 5) is 46.5. The Morgan fingerprint density at radius 3 is 3.00 bits per heavy atom. The van der Waals surface area contributed by atoms with Crippen molar-refractivity contribution in [1.29, 1.82) is 0 Å². The Bertz CT molecular complexity index is 839.